The lowest BCUT2D eigenvalue weighted by molar-refractivity contribution is -0.125. The molecule has 0 bridgehead atoms. The first-order chi connectivity index (χ1) is 5.28. The number of rotatable bonds is 1. The number of thioether (sulfide) groups is 1. The highest BCUT2D eigenvalue weighted by atomic mass is 32.2. The molecule has 1 rings (SSSR count). The summed E-state index contributed by atoms with van der Waals surface area (Å²) in [4.78, 5) is 11.5. The summed E-state index contributed by atoms with van der Waals surface area (Å²) in [5, 5.41) is 0.463. The van der Waals surface area contributed by atoms with E-state index >= 15 is 0 Å². The van der Waals surface area contributed by atoms with E-state index in [4.69, 9.17) is 0 Å². The molecular weight excluding hydrogens is 168 g/mol. The summed E-state index contributed by atoms with van der Waals surface area (Å²) in [6.45, 7) is 10.4. The smallest absolute Gasteiger partial charge is 0.136 e. The molecule has 2 heteroatoms. The second kappa shape index (κ2) is 2.76. The van der Waals surface area contributed by atoms with E-state index in [1.165, 1.54) is 0 Å². The first kappa shape index (κ1) is 10.1. The highest BCUT2D eigenvalue weighted by Crippen LogP contribution is 2.53. The SMILES string of the molecule is CC(=O)[C@]1(C)CC(C)(C)S[C@@H]1C. The van der Waals surface area contributed by atoms with Gasteiger partial charge in [0.2, 0.25) is 0 Å². The summed E-state index contributed by atoms with van der Waals surface area (Å²) in [5.74, 6) is 0.341. The van der Waals surface area contributed by atoms with E-state index in [0.29, 0.717) is 11.0 Å². The van der Waals surface area contributed by atoms with Crippen molar-refractivity contribution in [2.75, 3.05) is 0 Å². The molecule has 0 aromatic rings. The Morgan fingerprint density at radius 1 is 1.42 bits per heavy atom. The van der Waals surface area contributed by atoms with E-state index in [1.54, 1.807) is 6.92 Å². The Balaban J connectivity index is 2.89. The average Bonchev–Trinajstić information content (AvgIpc) is 2.03. The first-order valence-electron chi connectivity index (χ1n) is 4.47. The fraction of sp³-hybridized carbons (Fsp3) is 0.900. The minimum absolute atomic E-state index is 0.0891. The molecule has 1 saturated heterocycles. The molecule has 0 spiro atoms. The molecule has 1 heterocycles. The largest absolute Gasteiger partial charge is 0.299 e. The lowest BCUT2D eigenvalue weighted by Gasteiger charge is -2.25. The van der Waals surface area contributed by atoms with Crippen LogP contribution < -0.4 is 0 Å². The topological polar surface area (TPSA) is 17.1 Å². The van der Waals surface area contributed by atoms with Crippen LogP contribution in [-0.4, -0.2) is 15.8 Å². The van der Waals surface area contributed by atoms with Gasteiger partial charge in [-0.3, -0.25) is 4.79 Å². The van der Waals surface area contributed by atoms with Crippen molar-refractivity contribution in [1.29, 1.82) is 0 Å². The Kier molecular flexibility index (Phi) is 2.32. The van der Waals surface area contributed by atoms with E-state index in [9.17, 15) is 4.79 Å². The first-order valence-corrected chi connectivity index (χ1v) is 5.35. The van der Waals surface area contributed by atoms with Crippen molar-refractivity contribution in [1.82, 2.24) is 0 Å². The molecule has 1 aliphatic heterocycles. The zero-order valence-corrected chi connectivity index (χ0v) is 9.42. The fourth-order valence-corrected chi connectivity index (χ4v) is 3.94. The summed E-state index contributed by atoms with van der Waals surface area (Å²) in [6.07, 6.45) is 1.02. The Morgan fingerprint density at radius 2 is 1.92 bits per heavy atom. The molecule has 1 aliphatic rings. The second-order valence-electron chi connectivity index (χ2n) is 4.67. The van der Waals surface area contributed by atoms with Crippen molar-refractivity contribution in [2.24, 2.45) is 5.41 Å². The zero-order chi connectivity index (χ0) is 9.57. The molecule has 0 unspecified atom stereocenters. The number of carbonyl (C=O) groups excluding carboxylic acids is 1. The maximum absolute atomic E-state index is 11.5. The normalized spacial score (nSPS) is 39.9. The third-order valence-electron chi connectivity index (χ3n) is 2.99. The van der Waals surface area contributed by atoms with Gasteiger partial charge in [0.15, 0.2) is 0 Å². The maximum atomic E-state index is 11.5. The van der Waals surface area contributed by atoms with Crippen molar-refractivity contribution < 1.29 is 4.79 Å². The Hall–Kier alpha value is 0.0200. The minimum atomic E-state index is -0.0891. The molecule has 1 nitrogen and oxygen atoms in total. The van der Waals surface area contributed by atoms with E-state index in [1.807, 2.05) is 11.8 Å². The Labute approximate surface area is 79.3 Å². The lowest BCUT2D eigenvalue weighted by Crippen LogP contribution is -2.31. The molecule has 0 aromatic heterocycles. The third kappa shape index (κ3) is 1.54. The fourth-order valence-electron chi connectivity index (χ4n) is 2.09. The molecule has 70 valence electrons. The maximum Gasteiger partial charge on any atom is 0.136 e. The highest BCUT2D eigenvalue weighted by molar-refractivity contribution is 8.01. The standard InChI is InChI=1S/C10H18OS/c1-7(11)10(5)6-9(3,4)12-8(10)2/h8H,6H2,1-5H3/t8-,10+/m1/s1. The molecule has 0 aliphatic carbocycles. The van der Waals surface area contributed by atoms with Crippen LogP contribution in [0.5, 0.6) is 0 Å². The quantitative estimate of drug-likeness (QED) is 0.626. The van der Waals surface area contributed by atoms with E-state index in [2.05, 4.69) is 27.7 Å². The van der Waals surface area contributed by atoms with E-state index in [-0.39, 0.29) is 10.2 Å². The van der Waals surface area contributed by atoms with Gasteiger partial charge >= 0.3 is 0 Å². The van der Waals surface area contributed by atoms with Crippen LogP contribution >= 0.6 is 11.8 Å². The predicted octanol–water partition coefficient (Wildman–Crippen LogP) is 2.89. The average molecular weight is 186 g/mol. The summed E-state index contributed by atoms with van der Waals surface area (Å²) >= 11 is 1.94. The second-order valence-corrected chi connectivity index (χ2v) is 6.72. The number of ketones is 1. The third-order valence-corrected chi connectivity index (χ3v) is 4.65. The monoisotopic (exact) mass is 186 g/mol. The molecule has 0 N–H and O–H groups in total. The zero-order valence-electron chi connectivity index (χ0n) is 8.60. The van der Waals surface area contributed by atoms with E-state index < -0.39 is 0 Å². The van der Waals surface area contributed by atoms with E-state index in [0.717, 1.165) is 6.42 Å². The minimum Gasteiger partial charge on any atom is -0.299 e. The van der Waals surface area contributed by atoms with Crippen molar-refractivity contribution in [3.63, 3.8) is 0 Å². The van der Waals surface area contributed by atoms with Gasteiger partial charge in [0, 0.05) is 15.4 Å². The predicted molar refractivity (Wildman–Crippen MR) is 54.5 cm³/mol. The van der Waals surface area contributed by atoms with Gasteiger partial charge in [0.1, 0.15) is 5.78 Å². The number of hydrogen-bond acceptors (Lipinski definition) is 2. The lowest BCUT2D eigenvalue weighted by atomic mass is 9.77. The van der Waals surface area contributed by atoms with Crippen LogP contribution in [0.25, 0.3) is 0 Å². The molecule has 0 aromatic carbocycles. The van der Waals surface area contributed by atoms with Gasteiger partial charge in [-0.15, -0.1) is 0 Å². The van der Waals surface area contributed by atoms with Crippen LogP contribution in [-0.2, 0) is 4.79 Å². The summed E-state index contributed by atoms with van der Waals surface area (Å²) in [7, 11) is 0. The molecule has 0 saturated carbocycles. The molecule has 0 amide bonds. The van der Waals surface area contributed by atoms with Gasteiger partial charge in [-0.2, -0.15) is 11.8 Å². The molecule has 0 radical (unpaired) electrons. The van der Waals surface area contributed by atoms with Crippen molar-refractivity contribution in [2.45, 2.75) is 51.0 Å². The van der Waals surface area contributed by atoms with Crippen molar-refractivity contribution in [3.05, 3.63) is 0 Å². The van der Waals surface area contributed by atoms with Crippen LogP contribution in [0.1, 0.15) is 41.0 Å². The number of hydrogen-bond donors (Lipinski definition) is 0. The molecule has 12 heavy (non-hydrogen) atoms. The van der Waals surface area contributed by atoms with Crippen LogP contribution in [0.2, 0.25) is 0 Å². The highest BCUT2D eigenvalue weighted by Gasteiger charge is 2.48. The molecule has 2 atom stereocenters. The molecule has 1 fully saturated rings. The molecular formula is C10H18OS. The van der Waals surface area contributed by atoms with Gasteiger partial charge in [0.25, 0.3) is 0 Å². The van der Waals surface area contributed by atoms with Gasteiger partial charge in [-0.1, -0.05) is 27.7 Å². The summed E-state index contributed by atoms with van der Waals surface area (Å²) < 4.78 is 0.278. The Morgan fingerprint density at radius 3 is 2.08 bits per heavy atom. The van der Waals surface area contributed by atoms with Crippen LogP contribution in [0.15, 0.2) is 0 Å². The van der Waals surface area contributed by atoms with Crippen LogP contribution in [0.3, 0.4) is 0 Å². The Bertz CT molecular complexity index is 210. The van der Waals surface area contributed by atoms with Gasteiger partial charge in [0.05, 0.1) is 0 Å². The van der Waals surface area contributed by atoms with Crippen LogP contribution in [0.4, 0.5) is 0 Å². The number of carbonyl (C=O) groups is 1. The summed E-state index contributed by atoms with van der Waals surface area (Å²) in [5.41, 5.74) is -0.0891. The number of Topliss-reactive ketones (excluding diaryl/α,β-unsaturated/α-hetero) is 1. The van der Waals surface area contributed by atoms with Gasteiger partial charge in [-0.05, 0) is 13.3 Å². The van der Waals surface area contributed by atoms with Gasteiger partial charge < -0.3 is 0 Å². The van der Waals surface area contributed by atoms with Gasteiger partial charge in [-0.25, -0.2) is 0 Å². The van der Waals surface area contributed by atoms with Crippen molar-refractivity contribution >= 4 is 17.5 Å². The summed E-state index contributed by atoms with van der Waals surface area (Å²) in [6, 6.07) is 0. The van der Waals surface area contributed by atoms with Crippen LogP contribution in [0, 0.1) is 5.41 Å². The van der Waals surface area contributed by atoms with Crippen molar-refractivity contribution in [3.8, 4) is 0 Å².